The van der Waals surface area contributed by atoms with Crippen molar-refractivity contribution in [3.8, 4) is 0 Å². The third-order valence-electron chi connectivity index (χ3n) is 4.38. The quantitative estimate of drug-likeness (QED) is 0.639. The molecule has 1 saturated carbocycles. The highest BCUT2D eigenvalue weighted by molar-refractivity contribution is 6.30. The van der Waals surface area contributed by atoms with Crippen LogP contribution in [0.4, 0.5) is 4.39 Å². The number of benzene rings is 1. The minimum Gasteiger partial charge on any atom is -0.271 e. The average Bonchev–Trinajstić information content (AvgIpc) is 2.88. The van der Waals surface area contributed by atoms with Gasteiger partial charge in [0.1, 0.15) is 5.82 Å². The third kappa shape index (κ3) is 3.68. The molecule has 0 saturated heterocycles. The Morgan fingerprint density at radius 3 is 2.84 bits per heavy atom. The van der Waals surface area contributed by atoms with Crippen molar-refractivity contribution in [1.29, 1.82) is 0 Å². The maximum Gasteiger partial charge on any atom is 0.141 e. The average molecular weight is 285 g/mol. The largest absolute Gasteiger partial charge is 0.271 e. The molecule has 3 atom stereocenters. The number of hydrazine groups is 1. The van der Waals surface area contributed by atoms with Crippen LogP contribution in [0.1, 0.15) is 38.2 Å². The van der Waals surface area contributed by atoms with Crippen molar-refractivity contribution in [2.24, 2.45) is 17.7 Å². The summed E-state index contributed by atoms with van der Waals surface area (Å²) in [7, 11) is 0. The van der Waals surface area contributed by atoms with Crippen molar-refractivity contribution in [2.75, 3.05) is 0 Å². The van der Waals surface area contributed by atoms with Crippen molar-refractivity contribution >= 4 is 11.6 Å². The van der Waals surface area contributed by atoms with Crippen LogP contribution in [0.5, 0.6) is 0 Å². The lowest BCUT2D eigenvalue weighted by Gasteiger charge is -2.23. The fourth-order valence-electron chi connectivity index (χ4n) is 3.13. The van der Waals surface area contributed by atoms with E-state index in [2.05, 4.69) is 12.3 Å². The maximum atomic E-state index is 13.1. The lowest BCUT2D eigenvalue weighted by molar-refractivity contribution is 0.348. The minimum absolute atomic E-state index is 0.186. The Hall–Kier alpha value is -0.640. The molecule has 0 spiro atoms. The van der Waals surface area contributed by atoms with E-state index in [1.54, 1.807) is 12.1 Å². The molecule has 3 unspecified atom stereocenters. The maximum absolute atomic E-state index is 13.1. The Kier molecular flexibility index (Phi) is 5.20. The van der Waals surface area contributed by atoms with E-state index in [1.807, 2.05) is 0 Å². The van der Waals surface area contributed by atoms with Crippen LogP contribution < -0.4 is 11.3 Å². The molecule has 1 aliphatic carbocycles. The molecular weight excluding hydrogens is 263 g/mol. The van der Waals surface area contributed by atoms with Crippen LogP contribution in [-0.4, -0.2) is 6.04 Å². The second-order valence-corrected chi connectivity index (χ2v) is 5.98. The summed E-state index contributed by atoms with van der Waals surface area (Å²) in [4.78, 5) is 0. The zero-order valence-electron chi connectivity index (χ0n) is 11.3. The zero-order valence-corrected chi connectivity index (χ0v) is 12.1. The zero-order chi connectivity index (χ0) is 13.8. The lowest BCUT2D eigenvalue weighted by atomic mass is 9.91. The first-order chi connectivity index (χ1) is 9.13. The normalized spacial score (nSPS) is 24.6. The predicted octanol–water partition coefficient (Wildman–Crippen LogP) is 3.68. The number of rotatable bonds is 5. The smallest absolute Gasteiger partial charge is 0.141 e. The molecule has 1 fully saturated rings. The standard InChI is InChI=1S/C15H22ClFN2/c1-2-10-3-5-12(7-10)15(19-18)9-11-4-6-14(17)13(16)8-11/h4,6,8,10,12,15,19H,2-3,5,7,9,18H2,1H3. The molecule has 3 N–H and O–H groups in total. The number of hydrogen-bond donors (Lipinski definition) is 2. The van der Waals surface area contributed by atoms with Gasteiger partial charge in [0, 0.05) is 6.04 Å². The van der Waals surface area contributed by atoms with Gasteiger partial charge in [-0.2, -0.15) is 0 Å². The first-order valence-electron chi connectivity index (χ1n) is 7.04. The Balaban J connectivity index is 2.00. The van der Waals surface area contributed by atoms with Crippen molar-refractivity contribution < 1.29 is 4.39 Å². The van der Waals surface area contributed by atoms with Crippen LogP contribution in [-0.2, 0) is 6.42 Å². The number of nitrogens with two attached hydrogens (primary N) is 1. The lowest BCUT2D eigenvalue weighted by Crippen LogP contribution is -2.41. The summed E-state index contributed by atoms with van der Waals surface area (Å²) < 4.78 is 13.1. The fraction of sp³-hybridized carbons (Fsp3) is 0.600. The van der Waals surface area contributed by atoms with Crippen molar-refractivity contribution in [2.45, 2.75) is 45.1 Å². The molecule has 0 amide bonds. The molecule has 0 radical (unpaired) electrons. The topological polar surface area (TPSA) is 38.0 Å². The summed E-state index contributed by atoms with van der Waals surface area (Å²) in [6.07, 6.45) is 5.81. The van der Waals surface area contributed by atoms with E-state index in [9.17, 15) is 4.39 Å². The van der Waals surface area contributed by atoms with E-state index in [1.165, 1.54) is 31.7 Å². The second-order valence-electron chi connectivity index (χ2n) is 5.57. The summed E-state index contributed by atoms with van der Waals surface area (Å²) in [6, 6.07) is 5.16. The van der Waals surface area contributed by atoms with Gasteiger partial charge in [-0.25, -0.2) is 4.39 Å². The highest BCUT2D eigenvalue weighted by Crippen LogP contribution is 2.35. The van der Waals surface area contributed by atoms with Crippen LogP contribution in [0.2, 0.25) is 5.02 Å². The number of nitrogens with one attached hydrogen (secondary N) is 1. The molecule has 1 aromatic carbocycles. The molecule has 0 heterocycles. The van der Waals surface area contributed by atoms with Crippen molar-refractivity contribution in [1.82, 2.24) is 5.43 Å². The Bertz CT molecular complexity index is 425. The van der Waals surface area contributed by atoms with Gasteiger partial charge in [-0.3, -0.25) is 11.3 Å². The first-order valence-corrected chi connectivity index (χ1v) is 7.41. The second kappa shape index (κ2) is 6.69. The van der Waals surface area contributed by atoms with E-state index in [-0.39, 0.29) is 16.9 Å². The Morgan fingerprint density at radius 2 is 2.26 bits per heavy atom. The van der Waals surface area contributed by atoms with Gasteiger partial charge in [-0.1, -0.05) is 37.4 Å². The van der Waals surface area contributed by atoms with E-state index in [0.717, 1.165) is 17.9 Å². The van der Waals surface area contributed by atoms with E-state index < -0.39 is 0 Å². The molecule has 19 heavy (non-hydrogen) atoms. The van der Waals surface area contributed by atoms with E-state index >= 15 is 0 Å². The molecular formula is C15H22ClFN2. The summed E-state index contributed by atoms with van der Waals surface area (Å²) in [6.45, 7) is 2.25. The van der Waals surface area contributed by atoms with E-state index in [4.69, 9.17) is 17.4 Å². The van der Waals surface area contributed by atoms with Gasteiger partial charge in [0.05, 0.1) is 5.02 Å². The van der Waals surface area contributed by atoms with Gasteiger partial charge >= 0.3 is 0 Å². The predicted molar refractivity (Wildman–Crippen MR) is 77.3 cm³/mol. The van der Waals surface area contributed by atoms with Crippen molar-refractivity contribution in [3.63, 3.8) is 0 Å². The molecule has 4 heteroatoms. The number of halogens is 2. The third-order valence-corrected chi connectivity index (χ3v) is 4.67. The Morgan fingerprint density at radius 1 is 1.47 bits per heavy atom. The summed E-state index contributed by atoms with van der Waals surface area (Å²) in [5.74, 6) is 6.77. The Labute approximate surface area is 119 Å². The monoisotopic (exact) mass is 284 g/mol. The molecule has 0 aromatic heterocycles. The van der Waals surface area contributed by atoms with Crippen molar-refractivity contribution in [3.05, 3.63) is 34.6 Å². The molecule has 1 aromatic rings. The van der Waals surface area contributed by atoms with Crippen LogP contribution in [0.15, 0.2) is 18.2 Å². The number of hydrogen-bond acceptors (Lipinski definition) is 2. The molecule has 2 rings (SSSR count). The molecule has 0 bridgehead atoms. The van der Waals surface area contributed by atoms with Gasteiger partial charge in [0.25, 0.3) is 0 Å². The van der Waals surface area contributed by atoms with E-state index in [0.29, 0.717) is 5.92 Å². The summed E-state index contributed by atoms with van der Waals surface area (Å²) in [5, 5.41) is 0.186. The molecule has 2 nitrogen and oxygen atoms in total. The summed E-state index contributed by atoms with van der Waals surface area (Å²) >= 11 is 5.82. The van der Waals surface area contributed by atoms with Crippen LogP contribution in [0, 0.1) is 17.7 Å². The summed E-state index contributed by atoms with van der Waals surface area (Å²) in [5.41, 5.74) is 3.97. The molecule has 106 valence electrons. The van der Waals surface area contributed by atoms with Gasteiger partial charge < -0.3 is 0 Å². The van der Waals surface area contributed by atoms with Crippen LogP contribution >= 0.6 is 11.6 Å². The first kappa shape index (κ1) is 14.8. The van der Waals surface area contributed by atoms with Crippen LogP contribution in [0.3, 0.4) is 0 Å². The van der Waals surface area contributed by atoms with Gasteiger partial charge in [0.15, 0.2) is 0 Å². The molecule has 0 aliphatic heterocycles. The van der Waals surface area contributed by atoms with Crippen LogP contribution in [0.25, 0.3) is 0 Å². The van der Waals surface area contributed by atoms with Gasteiger partial charge in [0.2, 0.25) is 0 Å². The van der Waals surface area contributed by atoms with Gasteiger partial charge in [-0.15, -0.1) is 0 Å². The SMILES string of the molecule is CCC1CCC(C(Cc2ccc(F)c(Cl)c2)NN)C1. The highest BCUT2D eigenvalue weighted by atomic mass is 35.5. The molecule has 1 aliphatic rings. The minimum atomic E-state index is -0.366. The van der Waals surface area contributed by atoms with Gasteiger partial charge in [-0.05, 0) is 48.8 Å². The highest BCUT2D eigenvalue weighted by Gasteiger charge is 2.29. The fourth-order valence-corrected chi connectivity index (χ4v) is 3.34.